The number of aryl methyl sites for hydroxylation is 1. The van der Waals surface area contributed by atoms with E-state index in [0.717, 1.165) is 33.7 Å². The minimum Gasteiger partial charge on any atom is -0.497 e. The fourth-order valence-electron chi connectivity index (χ4n) is 4.40. The molecule has 0 aliphatic rings. The second-order valence-corrected chi connectivity index (χ2v) is 11.7. The number of sulfonamides is 1. The van der Waals surface area contributed by atoms with Crippen molar-refractivity contribution in [1.29, 1.82) is 0 Å². The molecule has 0 fully saturated rings. The van der Waals surface area contributed by atoms with Crippen molar-refractivity contribution < 1.29 is 27.5 Å². The van der Waals surface area contributed by atoms with Crippen LogP contribution in [-0.2, 0) is 32.6 Å². The zero-order chi connectivity index (χ0) is 30.0. The van der Waals surface area contributed by atoms with Gasteiger partial charge in [0.25, 0.3) is 0 Å². The maximum atomic E-state index is 14.2. The van der Waals surface area contributed by atoms with Gasteiger partial charge in [0.1, 0.15) is 24.1 Å². The van der Waals surface area contributed by atoms with Gasteiger partial charge in [0.15, 0.2) is 0 Å². The van der Waals surface area contributed by atoms with E-state index in [2.05, 4.69) is 5.32 Å². The van der Waals surface area contributed by atoms with Crippen LogP contribution in [0.15, 0.2) is 72.8 Å². The van der Waals surface area contributed by atoms with Gasteiger partial charge in [0, 0.05) is 25.6 Å². The largest absolute Gasteiger partial charge is 0.497 e. The van der Waals surface area contributed by atoms with E-state index in [-0.39, 0.29) is 30.3 Å². The predicted molar refractivity (Wildman–Crippen MR) is 161 cm³/mol. The molecule has 0 spiro atoms. The lowest BCUT2D eigenvalue weighted by molar-refractivity contribution is -0.140. The molecule has 0 radical (unpaired) electrons. The molecule has 220 valence electrons. The van der Waals surface area contributed by atoms with E-state index in [1.807, 2.05) is 68.4 Å². The Morgan fingerprint density at radius 3 is 2.20 bits per heavy atom. The van der Waals surface area contributed by atoms with Crippen molar-refractivity contribution in [1.82, 2.24) is 10.2 Å². The van der Waals surface area contributed by atoms with Gasteiger partial charge in [-0.1, -0.05) is 67.1 Å². The highest BCUT2D eigenvalue weighted by Gasteiger charge is 2.33. The lowest BCUT2D eigenvalue weighted by Gasteiger charge is -2.33. The summed E-state index contributed by atoms with van der Waals surface area (Å²) >= 11 is 0. The van der Waals surface area contributed by atoms with Crippen LogP contribution in [-0.4, -0.2) is 64.7 Å². The van der Waals surface area contributed by atoms with Gasteiger partial charge in [0.05, 0.1) is 26.2 Å². The fraction of sp³-hybridized carbons (Fsp3) is 0.355. The lowest BCUT2D eigenvalue weighted by atomic mass is 10.0. The molecule has 3 aromatic carbocycles. The first-order valence-electron chi connectivity index (χ1n) is 13.4. The van der Waals surface area contributed by atoms with Gasteiger partial charge < -0.3 is 19.7 Å². The molecule has 0 aliphatic carbocycles. The zero-order valence-corrected chi connectivity index (χ0v) is 25.1. The molecule has 0 aliphatic heterocycles. The summed E-state index contributed by atoms with van der Waals surface area (Å²) in [5.74, 6) is -0.176. The molecule has 0 bridgehead atoms. The molecule has 1 N–H and O–H groups in total. The molecular formula is C31H39N3O6S. The van der Waals surface area contributed by atoms with Crippen LogP contribution in [0.1, 0.15) is 30.0 Å². The second kappa shape index (κ2) is 14.5. The van der Waals surface area contributed by atoms with Gasteiger partial charge in [-0.3, -0.25) is 13.9 Å². The van der Waals surface area contributed by atoms with Gasteiger partial charge in [0.2, 0.25) is 21.8 Å². The summed E-state index contributed by atoms with van der Waals surface area (Å²) in [6, 6.07) is 21.0. The summed E-state index contributed by atoms with van der Waals surface area (Å²) in [6.07, 6.45) is 2.02. The van der Waals surface area contributed by atoms with Crippen LogP contribution in [0.2, 0.25) is 0 Å². The van der Waals surface area contributed by atoms with Crippen molar-refractivity contribution in [2.45, 2.75) is 39.3 Å². The molecule has 9 nitrogen and oxygen atoms in total. The third kappa shape index (κ3) is 8.72. The summed E-state index contributed by atoms with van der Waals surface area (Å²) in [5.41, 5.74) is 2.91. The number of benzene rings is 3. The highest BCUT2D eigenvalue weighted by Crippen LogP contribution is 2.34. The Hall–Kier alpha value is -4.05. The van der Waals surface area contributed by atoms with Gasteiger partial charge in [-0.2, -0.15) is 0 Å². The quantitative estimate of drug-likeness (QED) is 0.309. The van der Waals surface area contributed by atoms with Crippen molar-refractivity contribution >= 4 is 27.5 Å². The molecule has 2 amide bonds. The van der Waals surface area contributed by atoms with Gasteiger partial charge in [-0.05, 0) is 36.6 Å². The maximum absolute atomic E-state index is 14.2. The van der Waals surface area contributed by atoms with Crippen molar-refractivity contribution in [2.24, 2.45) is 0 Å². The SMILES string of the molecule is CCCNC(=O)C(Cc1ccccc1)N(Cc1ccc(C)cc1)C(=O)CN(c1cc(OC)ccc1OC)S(C)(=O)=O. The first-order valence-corrected chi connectivity index (χ1v) is 15.3. The van der Waals surface area contributed by atoms with Crippen molar-refractivity contribution in [3.63, 3.8) is 0 Å². The number of amides is 2. The fourth-order valence-corrected chi connectivity index (χ4v) is 5.24. The number of rotatable bonds is 14. The summed E-state index contributed by atoms with van der Waals surface area (Å²) < 4.78 is 37.9. The Bertz CT molecular complexity index is 1410. The van der Waals surface area contributed by atoms with E-state index in [1.165, 1.54) is 25.2 Å². The number of carbonyl (C=O) groups is 2. The Morgan fingerprint density at radius 2 is 1.61 bits per heavy atom. The number of nitrogens with zero attached hydrogens (tertiary/aromatic N) is 2. The number of anilines is 1. The Balaban J connectivity index is 2.09. The lowest BCUT2D eigenvalue weighted by Crippen LogP contribution is -2.53. The Kier molecular flexibility index (Phi) is 11.2. The van der Waals surface area contributed by atoms with Crippen LogP contribution in [0.25, 0.3) is 0 Å². The van der Waals surface area contributed by atoms with E-state index in [1.54, 1.807) is 12.1 Å². The summed E-state index contributed by atoms with van der Waals surface area (Å²) in [5, 5.41) is 2.93. The number of hydrogen-bond donors (Lipinski definition) is 1. The summed E-state index contributed by atoms with van der Waals surface area (Å²) in [7, 11) is -1.06. The van der Waals surface area contributed by atoms with Crippen LogP contribution in [0.5, 0.6) is 11.5 Å². The number of carbonyl (C=O) groups excluding carboxylic acids is 2. The van der Waals surface area contributed by atoms with Crippen molar-refractivity contribution in [3.8, 4) is 11.5 Å². The maximum Gasteiger partial charge on any atom is 0.244 e. The molecule has 41 heavy (non-hydrogen) atoms. The second-order valence-electron chi connectivity index (χ2n) is 9.81. The van der Waals surface area contributed by atoms with Gasteiger partial charge in [-0.15, -0.1) is 0 Å². The van der Waals surface area contributed by atoms with Crippen LogP contribution in [0.4, 0.5) is 5.69 Å². The minimum atomic E-state index is -3.95. The first-order chi connectivity index (χ1) is 19.6. The average molecular weight is 582 g/mol. The molecule has 1 atom stereocenters. The van der Waals surface area contributed by atoms with E-state index >= 15 is 0 Å². The monoisotopic (exact) mass is 581 g/mol. The van der Waals surface area contributed by atoms with E-state index in [4.69, 9.17) is 9.47 Å². The smallest absolute Gasteiger partial charge is 0.244 e. The molecule has 0 aromatic heterocycles. The predicted octanol–water partition coefficient (Wildman–Crippen LogP) is 3.94. The molecule has 0 saturated carbocycles. The van der Waals surface area contributed by atoms with Crippen LogP contribution in [0.3, 0.4) is 0 Å². The average Bonchev–Trinajstić information content (AvgIpc) is 2.96. The highest BCUT2D eigenvalue weighted by atomic mass is 32.2. The van der Waals surface area contributed by atoms with Crippen LogP contribution < -0.4 is 19.1 Å². The number of hydrogen-bond acceptors (Lipinski definition) is 6. The van der Waals surface area contributed by atoms with Crippen molar-refractivity contribution in [2.75, 3.05) is 37.9 Å². The van der Waals surface area contributed by atoms with E-state index in [9.17, 15) is 18.0 Å². The molecule has 1 unspecified atom stereocenters. The normalized spacial score (nSPS) is 11.8. The van der Waals surface area contributed by atoms with Crippen molar-refractivity contribution in [3.05, 3.63) is 89.5 Å². The highest BCUT2D eigenvalue weighted by molar-refractivity contribution is 7.92. The third-order valence-electron chi connectivity index (χ3n) is 6.63. The summed E-state index contributed by atoms with van der Waals surface area (Å²) in [4.78, 5) is 29.2. The Morgan fingerprint density at radius 1 is 0.927 bits per heavy atom. The standard InChI is InChI=1S/C31H39N3O6S/c1-6-18-32-31(36)28(19-24-10-8-7-9-11-24)33(21-25-14-12-23(2)13-15-25)30(35)22-34(41(5,37)38)27-20-26(39-3)16-17-29(27)40-4/h7-17,20,28H,6,18-19,21-22H2,1-5H3,(H,32,36). The molecular weight excluding hydrogens is 542 g/mol. The first kappa shape index (κ1) is 31.5. The molecule has 3 aromatic rings. The number of nitrogens with one attached hydrogen (secondary N) is 1. The topological polar surface area (TPSA) is 105 Å². The molecule has 0 saturated heterocycles. The van der Waals surface area contributed by atoms with E-state index in [0.29, 0.717) is 12.3 Å². The van der Waals surface area contributed by atoms with Gasteiger partial charge in [-0.25, -0.2) is 8.42 Å². The Labute approximate surface area is 243 Å². The van der Waals surface area contributed by atoms with Crippen LogP contribution >= 0.6 is 0 Å². The third-order valence-corrected chi connectivity index (χ3v) is 7.75. The van der Waals surface area contributed by atoms with Crippen LogP contribution in [0, 0.1) is 6.92 Å². The summed E-state index contributed by atoms with van der Waals surface area (Å²) in [6.45, 7) is 3.94. The molecule has 0 heterocycles. The van der Waals surface area contributed by atoms with Gasteiger partial charge >= 0.3 is 0 Å². The number of ether oxygens (including phenoxy) is 2. The zero-order valence-electron chi connectivity index (χ0n) is 24.3. The molecule has 10 heteroatoms. The molecule has 3 rings (SSSR count). The van der Waals surface area contributed by atoms with E-state index < -0.39 is 28.5 Å². The number of methoxy groups -OCH3 is 2. The minimum absolute atomic E-state index is 0.114.